The summed E-state index contributed by atoms with van der Waals surface area (Å²) < 4.78 is 10.5. The number of nitriles is 1. The molecule has 2 rings (SSSR count). The fourth-order valence-corrected chi connectivity index (χ4v) is 2.16. The van der Waals surface area contributed by atoms with Crippen LogP contribution in [0.2, 0.25) is 5.02 Å². The monoisotopic (exact) mass is 302 g/mol. The Morgan fingerprint density at radius 2 is 1.86 bits per heavy atom. The highest BCUT2D eigenvalue weighted by molar-refractivity contribution is 6.33. The van der Waals surface area contributed by atoms with Crippen LogP contribution in [-0.4, -0.2) is 14.2 Å². The van der Waals surface area contributed by atoms with E-state index >= 15 is 0 Å². The van der Waals surface area contributed by atoms with E-state index in [0.29, 0.717) is 28.6 Å². The average molecular weight is 303 g/mol. The van der Waals surface area contributed by atoms with Crippen molar-refractivity contribution in [1.29, 1.82) is 5.26 Å². The average Bonchev–Trinajstić information content (AvgIpc) is 2.53. The van der Waals surface area contributed by atoms with Crippen LogP contribution in [-0.2, 0) is 6.54 Å². The van der Waals surface area contributed by atoms with Crippen molar-refractivity contribution in [3.05, 3.63) is 52.5 Å². The third kappa shape index (κ3) is 3.59. The predicted octanol–water partition coefficient (Wildman–Crippen LogP) is 3.84. The van der Waals surface area contributed by atoms with Crippen LogP contribution in [0.5, 0.6) is 11.5 Å². The van der Waals surface area contributed by atoms with Gasteiger partial charge in [-0.15, -0.1) is 0 Å². The molecule has 0 aliphatic rings. The molecule has 0 atom stereocenters. The van der Waals surface area contributed by atoms with Gasteiger partial charge in [0.2, 0.25) is 0 Å². The fourth-order valence-electron chi connectivity index (χ4n) is 1.92. The lowest BCUT2D eigenvalue weighted by molar-refractivity contribution is 0.354. The molecule has 0 aliphatic carbocycles. The molecule has 0 fully saturated rings. The molecule has 0 spiro atoms. The molecule has 0 unspecified atom stereocenters. The summed E-state index contributed by atoms with van der Waals surface area (Å²) in [6.07, 6.45) is 0. The number of benzene rings is 2. The van der Waals surface area contributed by atoms with E-state index in [0.717, 1.165) is 11.3 Å². The smallest absolute Gasteiger partial charge is 0.161 e. The van der Waals surface area contributed by atoms with Crippen LogP contribution in [0.3, 0.4) is 0 Å². The Kier molecular flexibility index (Phi) is 4.91. The van der Waals surface area contributed by atoms with Crippen molar-refractivity contribution in [3.8, 4) is 17.6 Å². The first-order valence-electron chi connectivity index (χ1n) is 6.32. The maximum Gasteiger partial charge on any atom is 0.161 e. The summed E-state index contributed by atoms with van der Waals surface area (Å²) >= 11 is 6.12. The Hall–Kier alpha value is -2.38. The van der Waals surface area contributed by atoms with Gasteiger partial charge in [-0.2, -0.15) is 5.26 Å². The van der Waals surface area contributed by atoms with Crippen molar-refractivity contribution in [3.63, 3.8) is 0 Å². The molecule has 0 saturated carbocycles. The largest absolute Gasteiger partial charge is 0.493 e. The summed E-state index contributed by atoms with van der Waals surface area (Å²) in [6, 6.07) is 12.9. The summed E-state index contributed by atoms with van der Waals surface area (Å²) in [5.41, 5.74) is 2.36. The van der Waals surface area contributed by atoms with Crippen LogP contribution >= 0.6 is 11.6 Å². The third-order valence-corrected chi connectivity index (χ3v) is 3.34. The Bertz CT molecular complexity index is 680. The van der Waals surface area contributed by atoms with Gasteiger partial charge in [-0.05, 0) is 35.9 Å². The van der Waals surface area contributed by atoms with Gasteiger partial charge in [0.15, 0.2) is 11.5 Å². The number of hydrogen-bond acceptors (Lipinski definition) is 4. The van der Waals surface area contributed by atoms with Gasteiger partial charge < -0.3 is 14.8 Å². The Labute approximate surface area is 128 Å². The number of anilines is 1. The SMILES string of the molecule is COc1ccc(CNc2ccc(C#N)cc2Cl)cc1OC. The molecule has 2 aromatic carbocycles. The van der Waals surface area contributed by atoms with Crippen LogP contribution in [0.4, 0.5) is 5.69 Å². The molecule has 4 nitrogen and oxygen atoms in total. The zero-order valence-corrected chi connectivity index (χ0v) is 12.6. The van der Waals surface area contributed by atoms with Gasteiger partial charge >= 0.3 is 0 Å². The van der Waals surface area contributed by atoms with Crippen molar-refractivity contribution in [1.82, 2.24) is 0 Å². The normalized spacial score (nSPS) is 9.81. The minimum absolute atomic E-state index is 0.523. The lowest BCUT2D eigenvalue weighted by atomic mass is 10.2. The van der Waals surface area contributed by atoms with Crippen LogP contribution in [0.1, 0.15) is 11.1 Å². The van der Waals surface area contributed by atoms with Crippen molar-refractivity contribution in [2.45, 2.75) is 6.54 Å². The summed E-state index contributed by atoms with van der Waals surface area (Å²) in [5, 5.41) is 12.6. The Morgan fingerprint density at radius 3 is 2.48 bits per heavy atom. The number of hydrogen-bond donors (Lipinski definition) is 1. The standard InChI is InChI=1S/C16H15ClN2O2/c1-20-15-6-4-12(8-16(15)21-2)10-19-14-5-3-11(9-18)7-13(14)17/h3-8,19H,10H2,1-2H3. The van der Waals surface area contributed by atoms with Gasteiger partial charge in [-0.1, -0.05) is 17.7 Å². The molecule has 0 radical (unpaired) electrons. The maximum atomic E-state index is 8.81. The molecule has 0 bridgehead atoms. The predicted molar refractivity (Wildman–Crippen MR) is 83.0 cm³/mol. The molecule has 1 N–H and O–H groups in total. The lowest BCUT2D eigenvalue weighted by Gasteiger charge is -2.12. The van der Waals surface area contributed by atoms with E-state index in [1.165, 1.54) is 0 Å². The van der Waals surface area contributed by atoms with Crippen LogP contribution < -0.4 is 14.8 Å². The van der Waals surface area contributed by atoms with E-state index in [9.17, 15) is 0 Å². The van der Waals surface area contributed by atoms with E-state index in [-0.39, 0.29) is 0 Å². The fraction of sp³-hybridized carbons (Fsp3) is 0.188. The van der Waals surface area contributed by atoms with Gasteiger partial charge in [-0.25, -0.2) is 0 Å². The minimum Gasteiger partial charge on any atom is -0.493 e. The minimum atomic E-state index is 0.523. The van der Waals surface area contributed by atoms with Crippen LogP contribution in [0.25, 0.3) is 0 Å². The molecule has 0 heterocycles. The highest BCUT2D eigenvalue weighted by Crippen LogP contribution is 2.28. The zero-order chi connectivity index (χ0) is 15.2. The topological polar surface area (TPSA) is 54.3 Å². The van der Waals surface area contributed by atoms with E-state index in [1.54, 1.807) is 32.4 Å². The molecule has 21 heavy (non-hydrogen) atoms. The molecule has 0 saturated heterocycles. The van der Waals surface area contributed by atoms with Crippen LogP contribution in [0, 0.1) is 11.3 Å². The number of rotatable bonds is 5. The zero-order valence-electron chi connectivity index (χ0n) is 11.8. The van der Waals surface area contributed by atoms with E-state index in [2.05, 4.69) is 11.4 Å². The van der Waals surface area contributed by atoms with Gasteiger partial charge in [-0.3, -0.25) is 0 Å². The highest BCUT2D eigenvalue weighted by atomic mass is 35.5. The first-order valence-corrected chi connectivity index (χ1v) is 6.70. The quantitative estimate of drug-likeness (QED) is 0.911. The second-order valence-electron chi connectivity index (χ2n) is 4.35. The number of methoxy groups -OCH3 is 2. The summed E-state index contributed by atoms with van der Waals surface area (Å²) in [5.74, 6) is 1.38. The molecule has 2 aromatic rings. The van der Waals surface area contributed by atoms with Crippen molar-refractivity contribution in [2.24, 2.45) is 0 Å². The maximum absolute atomic E-state index is 8.81. The second kappa shape index (κ2) is 6.87. The first-order chi connectivity index (χ1) is 10.2. The highest BCUT2D eigenvalue weighted by Gasteiger charge is 2.06. The molecule has 5 heteroatoms. The lowest BCUT2D eigenvalue weighted by Crippen LogP contribution is -2.01. The Balaban J connectivity index is 2.11. The Morgan fingerprint density at radius 1 is 1.10 bits per heavy atom. The molecule has 0 aliphatic heterocycles. The molecule has 108 valence electrons. The van der Waals surface area contributed by atoms with E-state index in [1.807, 2.05) is 18.2 Å². The van der Waals surface area contributed by atoms with Gasteiger partial charge in [0, 0.05) is 6.54 Å². The molecule has 0 amide bonds. The molecule has 0 aromatic heterocycles. The second-order valence-corrected chi connectivity index (χ2v) is 4.76. The number of halogens is 1. The number of ether oxygens (including phenoxy) is 2. The summed E-state index contributed by atoms with van der Waals surface area (Å²) in [6.45, 7) is 0.589. The molecular weight excluding hydrogens is 288 g/mol. The van der Waals surface area contributed by atoms with E-state index < -0.39 is 0 Å². The first kappa shape index (κ1) is 15.0. The number of nitrogens with zero attached hydrogens (tertiary/aromatic N) is 1. The molecular formula is C16H15ClN2O2. The summed E-state index contributed by atoms with van der Waals surface area (Å²) in [4.78, 5) is 0. The van der Waals surface area contributed by atoms with Gasteiger partial charge in [0.05, 0.1) is 36.6 Å². The van der Waals surface area contributed by atoms with Gasteiger partial charge in [0.25, 0.3) is 0 Å². The van der Waals surface area contributed by atoms with E-state index in [4.69, 9.17) is 26.3 Å². The van der Waals surface area contributed by atoms with Gasteiger partial charge in [0.1, 0.15) is 0 Å². The van der Waals surface area contributed by atoms with Crippen molar-refractivity contribution >= 4 is 17.3 Å². The van der Waals surface area contributed by atoms with Crippen LogP contribution in [0.15, 0.2) is 36.4 Å². The third-order valence-electron chi connectivity index (χ3n) is 3.03. The van der Waals surface area contributed by atoms with Crippen molar-refractivity contribution in [2.75, 3.05) is 19.5 Å². The van der Waals surface area contributed by atoms with Crippen molar-refractivity contribution < 1.29 is 9.47 Å². The summed E-state index contributed by atoms with van der Waals surface area (Å²) in [7, 11) is 3.21. The number of nitrogens with one attached hydrogen (secondary N) is 1.